The van der Waals surface area contributed by atoms with Crippen molar-refractivity contribution in [1.29, 1.82) is 0 Å². The molecular weight excluding hydrogens is 160 g/mol. The molecule has 1 heterocycles. The van der Waals surface area contributed by atoms with Gasteiger partial charge in [-0.3, -0.25) is 4.98 Å². The summed E-state index contributed by atoms with van der Waals surface area (Å²) in [5, 5.41) is 0. The summed E-state index contributed by atoms with van der Waals surface area (Å²) >= 11 is 0. The van der Waals surface area contributed by atoms with Crippen LogP contribution in [0.25, 0.3) is 0 Å². The first-order valence-electron chi connectivity index (χ1n) is 3.99. The number of hydrogen-bond donors (Lipinski definition) is 0. The van der Waals surface area contributed by atoms with Gasteiger partial charge in [-0.15, -0.1) is 0 Å². The van der Waals surface area contributed by atoms with E-state index in [0.29, 0.717) is 0 Å². The van der Waals surface area contributed by atoms with Gasteiger partial charge in [0, 0.05) is 0 Å². The fourth-order valence-electron chi connectivity index (χ4n) is 1.08. The first-order chi connectivity index (χ1) is 5.47. The molecule has 0 N–H and O–H groups in total. The van der Waals surface area contributed by atoms with Gasteiger partial charge < -0.3 is 0 Å². The van der Waals surface area contributed by atoms with Gasteiger partial charge >= 0.3 is 18.9 Å². The van der Waals surface area contributed by atoms with E-state index in [-0.39, 0.29) is 24.3 Å². The van der Waals surface area contributed by atoms with Crippen molar-refractivity contribution in [1.82, 2.24) is 4.98 Å². The third kappa shape index (κ3) is 5.08. The predicted octanol–water partition coefficient (Wildman–Crippen LogP) is -0.387. The molecule has 0 aliphatic rings. The summed E-state index contributed by atoms with van der Waals surface area (Å²) in [5.74, 6) is -0.535. The topological polar surface area (TPSA) is 12.9 Å². The zero-order chi connectivity index (χ0) is 9.19. The normalized spacial score (nSPS) is 10.8. The molecule has 0 amide bonds. The summed E-state index contributed by atoms with van der Waals surface area (Å²) < 4.78 is 12.4. The minimum absolute atomic E-state index is 0. The molecule has 1 rings (SSSR count). The zero-order valence-electron chi connectivity index (χ0n) is 8.69. The van der Waals surface area contributed by atoms with Crippen molar-refractivity contribution in [2.75, 3.05) is 0 Å². The van der Waals surface area contributed by atoms with Crippen LogP contribution in [-0.4, -0.2) is 4.98 Å². The Morgan fingerprint density at radius 3 is 2.46 bits per heavy atom. The second kappa shape index (κ2) is 4.79. The Bertz CT molecular complexity index is 251. The van der Waals surface area contributed by atoms with E-state index >= 15 is 0 Å². The van der Waals surface area contributed by atoms with Crippen LogP contribution >= 0.6 is 0 Å². The molecule has 66 valence electrons. The van der Waals surface area contributed by atoms with Crippen LogP contribution < -0.4 is 18.9 Å². The molecule has 3 heteroatoms. The molecule has 13 heavy (non-hydrogen) atoms. The average molecular weight is 173 g/mol. The first kappa shape index (κ1) is 12.7. The van der Waals surface area contributed by atoms with E-state index in [9.17, 15) is 4.39 Å². The van der Waals surface area contributed by atoms with Crippen LogP contribution in [-0.2, 0) is 6.42 Å². The molecule has 1 nitrogen and oxygen atoms in total. The first-order valence-corrected chi connectivity index (χ1v) is 3.99. The van der Waals surface area contributed by atoms with E-state index in [1.165, 1.54) is 0 Å². The maximum atomic E-state index is 12.4. The average Bonchev–Trinajstić information content (AvgIpc) is 1.91. The van der Waals surface area contributed by atoms with Crippen LogP contribution in [0.1, 0.15) is 26.3 Å². The summed E-state index contributed by atoms with van der Waals surface area (Å²) in [4.78, 5) is 3.54. The monoisotopic (exact) mass is 173 g/mol. The summed E-state index contributed by atoms with van der Waals surface area (Å²) in [7, 11) is 0. The Morgan fingerprint density at radius 1 is 1.46 bits per heavy atom. The van der Waals surface area contributed by atoms with Crippen LogP contribution in [0.15, 0.2) is 12.3 Å². The Morgan fingerprint density at radius 2 is 2.08 bits per heavy atom. The van der Waals surface area contributed by atoms with Gasteiger partial charge in [0.1, 0.15) is 5.95 Å². The molecule has 0 aromatic carbocycles. The molecule has 0 aliphatic carbocycles. The maximum absolute atomic E-state index is 12.4. The van der Waals surface area contributed by atoms with Gasteiger partial charge in [-0.25, -0.2) is 10.5 Å². The number of aromatic nitrogens is 1. The molecule has 0 atom stereocenters. The number of rotatable bonds is 1. The van der Waals surface area contributed by atoms with Gasteiger partial charge in [0.05, 0.1) is 0 Å². The fraction of sp³-hybridized carbons (Fsp3) is 0.500. The molecule has 1 aromatic rings. The van der Waals surface area contributed by atoms with Crippen LogP contribution in [0.3, 0.4) is 0 Å². The van der Waals surface area contributed by atoms with Gasteiger partial charge in [0.15, 0.2) is 0 Å². The van der Waals surface area contributed by atoms with Crippen molar-refractivity contribution in [2.24, 2.45) is 5.41 Å². The Kier molecular flexibility index (Phi) is 4.67. The van der Waals surface area contributed by atoms with E-state index in [4.69, 9.17) is 0 Å². The van der Waals surface area contributed by atoms with E-state index < -0.39 is 5.95 Å². The SMILES string of the molecule is CC(C)(C)Cc1c[c-]c(F)nc1.[Li+]. The van der Waals surface area contributed by atoms with E-state index in [1.807, 2.05) is 0 Å². The van der Waals surface area contributed by atoms with Crippen LogP contribution in [0, 0.1) is 17.4 Å². The number of pyridine rings is 1. The number of halogens is 1. The molecule has 0 spiro atoms. The van der Waals surface area contributed by atoms with Crippen molar-refractivity contribution in [3.8, 4) is 0 Å². The molecule has 1 aromatic heterocycles. The Hall–Kier alpha value is -0.323. The van der Waals surface area contributed by atoms with Gasteiger partial charge in [-0.1, -0.05) is 27.2 Å². The van der Waals surface area contributed by atoms with E-state index in [1.54, 1.807) is 12.3 Å². The molecule has 0 bridgehead atoms. The zero-order valence-corrected chi connectivity index (χ0v) is 8.69. The number of nitrogens with zero attached hydrogens (tertiary/aromatic N) is 1. The third-order valence-electron chi connectivity index (χ3n) is 1.45. The minimum atomic E-state index is -0.535. The Balaban J connectivity index is 0.00000144. The molecule has 0 saturated carbocycles. The predicted molar refractivity (Wildman–Crippen MR) is 46.2 cm³/mol. The van der Waals surface area contributed by atoms with E-state index in [2.05, 4.69) is 31.8 Å². The number of hydrogen-bond acceptors (Lipinski definition) is 1. The maximum Gasteiger partial charge on any atom is 1.00 e. The van der Waals surface area contributed by atoms with E-state index in [0.717, 1.165) is 12.0 Å². The van der Waals surface area contributed by atoms with Crippen molar-refractivity contribution in [2.45, 2.75) is 27.2 Å². The van der Waals surface area contributed by atoms with Crippen LogP contribution in [0.5, 0.6) is 0 Å². The quantitative estimate of drug-likeness (QED) is 0.320. The summed E-state index contributed by atoms with van der Waals surface area (Å²) in [6.45, 7) is 6.41. The molecule has 0 fully saturated rings. The van der Waals surface area contributed by atoms with Crippen LogP contribution in [0.2, 0.25) is 0 Å². The molecule has 0 saturated heterocycles. The molecular formula is C10H13FLiN. The second-order valence-electron chi connectivity index (χ2n) is 4.15. The third-order valence-corrected chi connectivity index (χ3v) is 1.45. The molecule has 0 unspecified atom stereocenters. The van der Waals surface area contributed by atoms with Crippen molar-refractivity contribution >= 4 is 0 Å². The smallest absolute Gasteiger partial charge is 0.266 e. The van der Waals surface area contributed by atoms with Crippen molar-refractivity contribution < 1.29 is 23.3 Å². The Labute approximate surface area is 90.9 Å². The fourth-order valence-corrected chi connectivity index (χ4v) is 1.08. The molecule has 0 aliphatic heterocycles. The van der Waals surface area contributed by atoms with Crippen LogP contribution in [0.4, 0.5) is 4.39 Å². The minimum Gasteiger partial charge on any atom is -0.266 e. The molecule has 0 radical (unpaired) electrons. The summed E-state index contributed by atoms with van der Waals surface area (Å²) in [5.41, 5.74) is 1.25. The van der Waals surface area contributed by atoms with Crippen molar-refractivity contribution in [3.05, 3.63) is 29.8 Å². The van der Waals surface area contributed by atoms with Crippen molar-refractivity contribution in [3.63, 3.8) is 0 Å². The van der Waals surface area contributed by atoms with Gasteiger partial charge in [0.25, 0.3) is 0 Å². The standard InChI is InChI=1S/C10H13FN.Li/c1-10(2,3)6-8-4-5-9(11)12-7-8;/h4,7H,6H2,1-3H3;/q-1;+1. The summed E-state index contributed by atoms with van der Waals surface area (Å²) in [6, 6.07) is 4.10. The summed E-state index contributed by atoms with van der Waals surface area (Å²) in [6.07, 6.45) is 2.47. The second-order valence-corrected chi connectivity index (χ2v) is 4.15. The van der Waals surface area contributed by atoms with Gasteiger partial charge in [0.2, 0.25) is 0 Å². The van der Waals surface area contributed by atoms with Gasteiger partial charge in [-0.2, -0.15) is 11.6 Å². The van der Waals surface area contributed by atoms with Gasteiger partial charge in [-0.05, 0) is 11.6 Å². The largest absolute Gasteiger partial charge is 1.00 e.